The van der Waals surface area contributed by atoms with Gasteiger partial charge in [-0.25, -0.2) is 0 Å². The Morgan fingerprint density at radius 3 is 2.88 bits per heavy atom. The average Bonchev–Trinajstić information content (AvgIpc) is 2.24. The van der Waals surface area contributed by atoms with Crippen molar-refractivity contribution in [2.75, 3.05) is 13.1 Å². The van der Waals surface area contributed by atoms with Gasteiger partial charge in [0.05, 0.1) is 0 Å². The van der Waals surface area contributed by atoms with Gasteiger partial charge in [-0.15, -0.1) is 0 Å². The minimum atomic E-state index is 0.232. The summed E-state index contributed by atoms with van der Waals surface area (Å²) in [5.74, 6) is 1.23. The van der Waals surface area contributed by atoms with Crippen LogP contribution in [0.15, 0.2) is 0 Å². The molecule has 0 aromatic heterocycles. The Labute approximate surface area is 99.4 Å². The van der Waals surface area contributed by atoms with E-state index in [1.807, 2.05) is 0 Å². The average molecular weight is 226 g/mol. The van der Waals surface area contributed by atoms with Crippen LogP contribution < -0.4 is 10.6 Å². The Bertz CT molecular complexity index is 216. The number of hydrogen-bond donors (Lipinski definition) is 2. The highest BCUT2D eigenvalue weighted by atomic mass is 16.1. The molecule has 0 aromatic rings. The van der Waals surface area contributed by atoms with Gasteiger partial charge in [0.25, 0.3) is 0 Å². The molecule has 0 aromatic carbocycles. The van der Waals surface area contributed by atoms with Gasteiger partial charge in [-0.2, -0.15) is 0 Å². The van der Waals surface area contributed by atoms with Gasteiger partial charge in [0.1, 0.15) is 0 Å². The van der Waals surface area contributed by atoms with Crippen LogP contribution in [-0.2, 0) is 4.79 Å². The zero-order chi connectivity index (χ0) is 12.0. The van der Waals surface area contributed by atoms with Gasteiger partial charge in [-0.3, -0.25) is 4.79 Å². The second-order valence-corrected chi connectivity index (χ2v) is 5.40. The number of carbonyl (C=O) groups excluding carboxylic acids is 1. The molecular formula is C13H26N2O. The number of piperidine rings is 1. The first kappa shape index (κ1) is 13.5. The van der Waals surface area contributed by atoms with Crippen LogP contribution in [0, 0.1) is 11.8 Å². The number of amides is 1. The smallest absolute Gasteiger partial charge is 0.223 e. The minimum Gasteiger partial charge on any atom is -0.356 e. The standard InChI is InChI=1S/C13H26N2O/c1-10(2)5-4-7-15-13(16)12-6-8-14-11(3)9-12/h10-12,14H,4-9H2,1-3H3,(H,15,16)/t11-,12-/m0/s1. The molecule has 1 saturated heterocycles. The first-order chi connectivity index (χ1) is 7.59. The molecule has 94 valence electrons. The molecule has 0 saturated carbocycles. The predicted octanol–water partition coefficient (Wildman–Crippen LogP) is 1.93. The van der Waals surface area contributed by atoms with Gasteiger partial charge in [0.2, 0.25) is 5.91 Å². The fourth-order valence-corrected chi connectivity index (χ4v) is 2.24. The molecule has 0 unspecified atom stereocenters. The summed E-state index contributed by atoms with van der Waals surface area (Å²) in [4.78, 5) is 11.8. The van der Waals surface area contributed by atoms with Crippen LogP contribution in [0.4, 0.5) is 0 Å². The molecule has 1 amide bonds. The van der Waals surface area contributed by atoms with Crippen LogP contribution in [0.3, 0.4) is 0 Å². The van der Waals surface area contributed by atoms with Crippen molar-refractivity contribution in [3.63, 3.8) is 0 Å². The SMILES string of the molecule is CC(C)CCCNC(=O)[C@H]1CCN[C@@H](C)C1. The van der Waals surface area contributed by atoms with Gasteiger partial charge in [-0.1, -0.05) is 13.8 Å². The Hall–Kier alpha value is -0.570. The van der Waals surface area contributed by atoms with Crippen molar-refractivity contribution >= 4 is 5.91 Å². The maximum atomic E-state index is 11.8. The normalized spacial score (nSPS) is 25.8. The van der Waals surface area contributed by atoms with Gasteiger partial charge in [0.15, 0.2) is 0 Å². The van der Waals surface area contributed by atoms with Gasteiger partial charge < -0.3 is 10.6 Å². The van der Waals surface area contributed by atoms with Crippen LogP contribution in [0.5, 0.6) is 0 Å². The molecule has 16 heavy (non-hydrogen) atoms. The van der Waals surface area contributed by atoms with Crippen LogP contribution in [0.2, 0.25) is 0 Å². The molecule has 0 radical (unpaired) electrons. The van der Waals surface area contributed by atoms with E-state index >= 15 is 0 Å². The second kappa shape index (κ2) is 6.89. The van der Waals surface area contributed by atoms with Crippen LogP contribution in [-0.4, -0.2) is 25.0 Å². The van der Waals surface area contributed by atoms with E-state index < -0.39 is 0 Å². The highest BCUT2D eigenvalue weighted by Crippen LogP contribution is 2.15. The third kappa shape index (κ3) is 4.97. The first-order valence-electron chi connectivity index (χ1n) is 6.60. The molecule has 2 N–H and O–H groups in total. The van der Waals surface area contributed by atoms with Crippen molar-refractivity contribution in [3.05, 3.63) is 0 Å². The van der Waals surface area contributed by atoms with Crippen molar-refractivity contribution in [1.29, 1.82) is 0 Å². The molecule has 1 aliphatic heterocycles. The van der Waals surface area contributed by atoms with Gasteiger partial charge in [-0.05, 0) is 45.1 Å². The molecule has 1 fully saturated rings. The van der Waals surface area contributed by atoms with Crippen molar-refractivity contribution in [3.8, 4) is 0 Å². The molecule has 0 aliphatic carbocycles. The summed E-state index contributed by atoms with van der Waals surface area (Å²) in [6.07, 6.45) is 4.27. The maximum Gasteiger partial charge on any atom is 0.223 e. The highest BCUT2D eigenvalue weighted by molar-refractivity contribution is 5.78. The zero-order valence-corrected chi connectivity index (χ0v) is 10.9. The highest BCUT2D eigenvalue weighted by Gasteiger charge is 2.23. The molecule has 1 heterocycles. The number of hydrogen-bond acceptors (Lipinski definition) is 2. The quantitative estimate of drug-likeness (QED) is 0.703. The summed E-state index contributed by atoms with van der Waals surface area (Å²) >= 11 is 0. The molecule has 3 nitrogen and oxygen atoms in total. The van der Waals surface area contributed by atoms with Crippen molar-refractivity contribution in [2.45, 2.75) is 52.5 Å². The molecular weight excluding hydrogens is 200 g/mol. The lowest BCUT2D eigenvalue weighted by molar-refractivity contribution is -0.126. The number of carbonyl (C=O) groups is 1. The maximum absolute atomic E-state index is 11.8. The first-order valence-corrected chi connectivity index (χ1v) is 6.60. The largest absolute Gasteiger partial charge is 0.356 e. The topological polar surface area (TPSA) is 41.1 Å². The zero-order valence-electron chi connectivity index (χ0n) is 10.9. The van der Waals surface area contributed by atoms with E-state index in [0.717, 1.165) is 38.3 Å². The second-order valence-electron chi connectivity index (χ2n) is 5.40. The third-order valence-electron chi connectivity index (χ3n) is 3.25. The van der Waals surface area contributed by atoms with E-state index in [4.69, 9.17) is 0 Å². The lowest BCUT2D eigenvalue weighted by Gasteiger charge is -2.27. The van der Waals surface area contributed by atoms with E-state index in [2.05, 4.69) is 31.4 Å². The van der Waals surface area contributed by atoms with E-state index in [0.29, 0.717) is 6.04 Å². The summed E-state index contributed by atoms with van der Waals surface area (Å²) in [6, 6.07) is 0.486. The molecule has 2 atom stereocenters. The summed E-state index contributed by atoms with van der Waals surface area (Å²) < 4.78 is 0. The fraction of sp³-hybridized carbons (Fsp3) is 0.923. The Morgan fingerprint density at radius 1 is 1.50 bits per heavy atom. The lowest BCUT2D eigenvalue weighted by atomic mass is 9.92. The summed E-state index contributed by atoms with van der Waals surface area (Å²) in [5, 5.41) is 6.43. The van der Waals surface area contributed by atoms with E-state index in [-0.39, 0.29) is 11.8 Å². The van der Waals surface area contributed by atoms with Gasteiger partial charge in [0, 0.05) is 18.5 Å². The van der Waals surface area contributed by atoms with Crippen LogP contribution >= 0.6 is 0 Å². The molecule has 1 aliphatic rings. The van der Waals surface area contributed by atoms with Crippen LogP contribution in [0.1, 0.15) is 46.5 Å². The molecule has 3 heteroatoms. The fourth-order valence-electron chi connectivity index (χ4n) is 2.24. The number of nitrogens with one attached hydrogen (secondary N) is 2. The van der Waals surface area contributed by atoms with Crippen molar-refractivity contribution < 1.29 is 4.79 Å². The Morgan fingerprint density at radius 2 is 2.25 bits per heavy atom. The lowest BCUT2D eigenvalue weighted by Crippen LogP contribution is -2.42. The number of rotatable bonds is 5. The van der Waals surface area contributed by atoms with Gasteiger partial charge >= 0.3 is 0 Å². The van der Waals surface area contributed by atoms with Crippen molar-refractivity contribution in [1.82, 2.24) is 10.6 Å². The predicted molar refractivity (Wildman–Crippen MR) is 67.3 cm³/mol. The van der Waals surface area contributed by atoms with E-state index in [1.54, 1.807) is 0 Å². The molecule has 1 rings (SSSR count). The summed E-state index contributed by atoms with van der Waals surface area (Å²) in [5.41, 5.74) is 0. The monoisotopic (exact) mass is 226 g/mol. The summed E-state index contributed by atoms with van der Waals surface area (Å²) in [7, 11) is 0. The molecule has 0 bridgehead atoms. The third-order valence-corrected chi connectivity index (χ3v) is 3.25. The minimum absolute atomic E-state index is 0.232. The molecule has 0 spiro atoms. The van der Waals surface area contributed by atoms with E-state index in [1.165, 1.54) is 6.42 Å². The Kier molecular flexibility index (Phi) is 5.81. The Balaban J connectivity index is 2.14. The van der Waals surface area contributed by atoms with Crippen molar-refractivity contribution in [2.24, 2.45) is 11.8 Å². The summed E-state index contributed by atoms with van der Waals surface area (Å²) in [6.45, 7) is 8.41. The van der Waals surface area contributed by atoms with Crippen LogP contribution in [0.25, 0.3) is 0 Å². The van der Waals surface area contributed by atoms with E-state index in [9.17, 15) is 4.79 Å².